The Kier molecular flexibility index (Phi) is 4.63. The summed E-state index contributed by atoms with van der Waals surface area (Å²) >= 11 is 11.7. The van der Waals surface area contributed by atoms with Crippen LogP contribution in [-0.2, 0) is 6.18 Å². The number of hydrogen-bond acceptors (Lipinski definition) is 3. The van der Waals surface area contributed by atoms with E-state index in [-0.39, 0.29) is 27.5 Å². The molecule has 1 aromatic carbocycles. The van der Waals surface area contributed by atoms with E-state index in [4.69, 9.17) is 27.9 Å². The maximum absolute atomic E-state index is 12.5. The van der Waals surface area contributed by atoms with Gasteiger partial charge in [-0.3, -0.25) is 4.79 Å². The number of pyridine rings is 1. The molecule has 22 heavy (non-hydrogen) atoms. The fourth-order valence-electron chi connectivity index (χ4n) is 1.56. The molecular formula is C14H8Cl2F3NO2. The molecular weight excluding hydrogens is 342 g/mol. The second-order valence-electron chi connectivity index (χ2n) is 4.31. The van der Waals surface area contributed by atoms with Gasteiger partial charge in [0.2, 0.25) is 5.88 Å². The third kappa shape index (κ3) is 3.69. The summed E-state index contributed by atoms with van der Waals surface area (Å²) in [5.74, 6) is -0.271. The number of rotatable bonds is 3. The van der Waals surface area contributed by atoms with Crippen LogP contribution in [0.25, 0.3) is 0 Å². The molecule has 0 amide bonds. The lowest BCUT2D eigenvalue weighted by atomic mass is 10.1. The van der Waals surface area contributed by atoms with E-state index in [2.05, 4.69) is 4.98 Å². The summed E-state index contributed by atoms with van der Waals surface area (Å²) in [6.45, 7) is 1.38. The van der Waals surface area contributed by atoms with E-state index in [0.29, 0.717) is 17.8 Å². The first-order valence-electron chi connectivity index (χ1n) is 5.89. The van der Waals surface area contributed by atoms with Crippen molar-refractivity contribution in [3.05, 3.63) is 51.6 Å². The van der Waals surface area contributed by atoms with Gasteiger partial charge in [-0.25, -0.2) is 4.98 Å². The largest absolute Gasteiger partial charge is 0.436 e. The van der Waals surface area contributed by atoms with E-state index in [9.17, 15) is 18.0 Å². The Bertz CT molecular complexity index is 733. The minimum Gasteiger partial charge on any atom is -0.436 e. The van der Waals surface area contributed by atoms with Gasteiger partial charge in [0, 0.05) is 11.8 Å². The van der Waals surface area contributed by atoms with Crippen LogP contribution in [0, 0.1) is 0 Å². The highest BCUT2D eigenvalue weighted by Crippen LogP contribution is 2.36. The van der Waals surface area contributed by atoms with E-state index >= 15 is 0 Å². The number of nitrogens with zero attached hydrogens (tertiary/aromatic N) is 1. The summed E-state index contributed by atoms with van der Waals surface area (Å²) in [6.07, 6.45) is -3.94. The molecule has 2 rings (SSSR count). The topological polar surface area (TPSA) is 39.2 Å². The van der Waals surface area contributed by atoms with Gasteiger partial charge in [0.15, 0.2) is 5.78 Å². The molecule has 0 aliphatic heterocycles. The van der Waals surface area contributed by atoms with Crippen molar-refractivity contribution in [2.24, 2.45) is 0 Å². The number of halogens is 5. The van der Waals surface area contributed by atoms with Crippen molar-refractivity contribution in [2.45, 2.75) is 13.1 Å². The van der Waals surface area contributed by atoms with E-state index in [1.165, 1.54) is 25.1 Å². The van der Waals surface area contributed by atoms with Gasteiger partial charge in [-0.15, -0.1) is 0 Å². The Morgan fingerprint density at radius 1 is 1.18 bits per heavy atom. The maximum Gasteiger partial charge on any atom is 0.417 e. The Hall–Kier alpha value is -1.79. The second kappa shape index (κ2) is 6.14. The minimum atomic E-state index is -4.55. The van der Waals surface area contributed by atoms with E-state index in [1.54, 1.807) is 0 Å². The first kappa shape index (κ1) is 16.6. The predicted octanol–water partition coefficient (Wildman–Crippen LogP) is 5.40. The highest BCUT2D eigenvalue weighted by Gasteiger charge is 2.31. The molecule has 2 aromatic rings. The molecule has 1 heterocycles. The number of carbonyl (C=O) groups is 1. The monoisotopic (exact) mass is 349 g/mol. The van der Waals surface area contributed by atoms with Crippen LogP contribution in [0.15, 0.2) is 30.5 Å². The van der Waals surface area contributed by atoms with Crippen LogP contribution in [0.4, 0.5) is 13.2 Å². The Morgan fingerprint density at radius 3 is 2.36 bits per heavy atom. The molecule has 1 aromatic heterocycles. The number of Topliss-reactive ketones (excluding diaryl/α,β-unsaturated/α-hetero) is 1. The highest BCUT2D eigenvalue weighted by molar-refractivity contribution is 6.33. The molecule has 0 unspecified atom stereocenters. The first-order valence-corrected chi connectivity index (χ1v) is 6.65. The molecule has 0 radical (unpaired) electrons. The lowest BCUT2D eigenvalue weighted by Crippen LogP contribution is -2.05. The van der Waals surface area contributed by atoms with Gasteiger partial charge in [0.1, 0.15) is 10.8 Å². The SMILES string of the molecule is CC(=O)c1ccc(Oc2ncc(C(F)(F)F)cc2Cl)c(Cl)c1. The number of alkyl halides is 3. The fraction of sp³-hybridized carbons (Fsp3) is 0.143. The van der Waals surface area contributed by atoms with Gasteiger partial charge in [-0.1, -0.05) is 23.2 Å². The maximum atomic E-state index is 12.5. The van der Waals surface area contributed by atoms with Crippen LogP contribution in [0.3, 0.4) is 0 Å². The summed E-state index contributed by atoms with van der Waals surface area (Å²) in [6, 6.07) is 4.98. The molecule has 0 N–H and O–H groups in total. The van der Waals surface area contributed by atoms with Crippen LogP contribution < -0.4 is 4.74 Å². The highest BCUT2D eigenvalue weighted by atomic mass is 35.5. The Balaban J connectivity index is 2.30. The van der Waals surface area contributed by atoms with Crippen LogP contribution >= 0.6 is 23.2 Å². The number of ketones is 1. The van der Waals surface area contributed by atoms with Crippen LogP contribution in [0.5, 0.6) is 11.6 Å². The molecule has 0 aliphatic rings. The van der Waals surface area contributed by atoms with Crippen LogP contribution in [0.1, 0.15) is 22.8 Å². The molecule has 0 fully saturated rings. The Labute approximate surface area is 133 Å². The second-order valence-corrected chi connectivity index (χ2v) is 5.13. The predicted molar refractivity (Wildman–Crippen MR) is 75.8 cm³/mol. The quantitative estimate of drug-likeness (QED) is 0.696. The number of benzene rings is 1. The van der Waals surface area contributed by atoms with Crippen molar-refractivity contribution in [2.75, 3.05) is 0 Å². The van der Waals surface area contributed by atoms with E-state index in [1.807, 2.05) is 0 Å². The van der Waals surface area contributed by atoms with Crippen molar-refractivity contribution < 1.29 is 22.7 Å². The zero-order valence-electron chi connectivity index (χ0n) is 11.0. The van der Waals surface area contributed by atoms with Gasteiger partial charge in [0.25, 0.3) is 0 Å². The van der Waals surface area contributed by atoms with E-state index < -0.39 is 11.7 Å². The van der Waals surface area contributed by atoms with Gasteiger partial charge < -0.3 is 4.74 Å². The number of ether oxygens (including phenoxy) is 1. The van der Waals surface area contributed by atoms with Gasteiger partial charge >= 0.3 is 6.18 Å². The minimum absolute atomic E-state index is 0.116. The van der Waals surface area contributed by atoms with Crippen molar-refractivity contribution in [1.82, 2.24) is 4.98 Å². The van der Waals surface area contributed by atoms with Crippen molar-refractivity contribution in [1.29, 1.82) is 0 Å². The average molecular weight is 350 g/mol. The summed E-state index contributed by atoms with van der Waals surface area (Å²) in [4.78, 5) is 14.8. The third-order valence-electron chi connectivity index (χ3n) is 2.68. The van der Waals surface area contributed by atoms with Gasteiger partial charge in [-0.05, 0) is 31.2 Å². The molecule has 0 bridgehead atoms. The zero-order chi connectivity index (χ0) is 16.5. The summed E-state index contributed by atoms with van der Waals surface area (Å²) in [5.41, 5.74) is -0.605. The normalized spacial score (nSPS) is 11.4. The molecule has 0 spiro atoms. The van der Waals surface area contributed by atoms with Crippen LogP contribution in [-0.4, -0.2) is 10.8 Å². The molecule has 0 saturated carbocycles. The summed E-state index contributed by atoms with van der Waals surface area (Å²) in [5, 5.41) is -0.188. The van der Waals surface area contributed by atoms with E-state index in [0.717, 1.165) is 0 Å². The zero-order valence-corrected chi connectivity index (χ0v) is 12.6. The molecule has 3 nitrogen and oxygen atoms in total. The lowest BCUT2D eigenvalue weighted by molar-refractivity contribution is -0.137. The smallest absolute Gasteiger partial charge is 0.417 e. The lowest BCUT2D eigenvalue weighted by Gasteiger charge is -2.11. The van der Waals surface area contributed by atoms with Crippen LogP contribution in [0.2, 0.25) is 10.0 Å². The van der Waals surface area contributed by atoms with Crippen molar-refractivity contribution in [3.63, 3.8) is 0 Å². The molecule has 0 aliphatic carbocycles. The van der Waals surface area contributed by atoms with Crippen molar-refractivity contribution >= 4 is 29.0 Å². The average Bonchev–Trinajstić information content (AvgIpc) is 2.41. The first-order chi connectivity index (χ1) is 10.2. The van der Waals surface area contributed by atoms with Gasteiger partial charge in [-0.2, -0.15) is 13.2 Å². The van der Waals surface area contributed by atoms with Crippen molar-refractivity contribution in [3.8, 4) is 11.6 Å². The standard InChI is InChI=1S/C14H8Cl2F3NO2/c1-7(21)8-2-3-12(10(15)4-8)22-13-11(16)5-9(6-20-13)14(17,18)19/h2-6H,1H3. The third-order valence-corrected chi connectivity index (χ3v) is 3.25. The number of hydrogen-bond donors (Lipinski definition) is 0. The number of carbonyl (C=O) groups excluding carboxylic acids is 1. The van der Waals surface area contributed by atoms with Gasteiger partial charge in [0.05, 0.1) is 10.6 Å². The molecule has 8 heteroatoms. The molecule has 116 valence electrons. The summed E-state index contributed by atoms with van der Waals surface area (Å²) in [7, 11) is 0. The molecule has 0 saturated heterocycles. The molecule has 0 atom stereocenters. The Morgan fingerprint density at radius 2 is 1.86 bits per heavy atom. The number of aromatic nitrogens is 1. The fourth-order valence-corrected chi connectivity index (χ4v) is 1.99. The summed E-state index contributed by atoms with van der Waals surface area (Å²) < 4.78 is 42.8.